The van der Waals surface area contributed by atoms with Crippen molar-refractivity contribution < 1.29 is 9.59 Å². The Balaban J connectivity index is 1.75. The number of rotatable bonds is 9. The Morgan fingerprint density at radius 2 is 1.52 bits per heavy atom. The molecule has 0 atom stereocenters. The first-order valence-electron chi connectivity index (χ1n) is 8.21. The maximum atomic E-state index is 11.8. The molecule has 3 heteroatoms. The van der Waals surface area contributed by atoms with Gasteiger partial charge in [0.2, 0.25) is 0 Å². The molecule has 21 heavy (non-hydrogen) atoms. The third-order valence-electron chi connectivity index (χ3n) is 4.15. The highest BCUT2D eigenvalue weighted by molar-refractivity contribution is 6.22. The standard InChI is InChI=1S/C18H25NO2/c1-2-3-4-5-6-7-8-9-11-14-12-10-13-15-16(14)18(21)19-17(15)20/h10,12-13H,2-9,11H2,1H3,(H,19,20,21). The van der Waals surface area contributed by atoms with Gasteiger partial charge in [0.1, 0.15) is 0 Å². The van der Waals surface area contributed by atoms with Crippen molar-refractivity contribution in [1.82, 2.24) is 5.32 Å². The molecule has 0 unspecified atom stereocenters. The van der Waals surface area contributed by atoms with Gasteiger partial charge in [-0.15, -0.1) is 0 Å². The predicted molar refractivity (Wildman–Crippen MR) is 84.6 cm³/mol. The molecule has 0 saturated heterocycles. The lowest BCUT2D eigenvalue weighted by Crippen LogP contribution is -2.20. The zero-order valence-electron chi connectivity index (χ0n) is 12.9. The highest BCUT2D eigenvalue weighted by atomic mass is 16.2. The highest BCUT2D eigenvalue weighted by Crippen LogP contribution is 2.22. The number of hydrogen-bond donors (Lipinski definition) is 1. The van der Waals surface area contributed by atoms with E-state index in [4.69, 9.17) is 0 Å². The van der Waals surface area contributed by atoms with Gasteiger partial charge in [0.15, 0.2) is 0 Å². The smallest absolute Gasteiger partial charge is 0.259 e. The molecule has 0 aliphatic carbocycles. The van der Waals surface area contributed by atoms with E-state index in [0.717, 1.165) is 18.4 Å². The first kappa shape index (κ1) is 15.7. The van der Waals surface area contributed by atoms with Crippen LogP contribution in [0.15, 0.2) is 18.2 Å². The summed E-state index contributed by atoms with van der Waals surface area (Å²) in [4.78, 5) is 23.4. The fourth-order valence-electron chi connectivity index (χ4n) is 2.95. The van der Waals surface area contributed by atoms with Gasteiger partial charge >= 0.3 is 0 Å². The van der Waals surface area contributed by atoms with Crippen molar-refractivity contribution in [2.75, 3.05) is 0 Å². The maximum Gasteiger partial charge on any atom is 0.259 e. The molecule has 1 aromatic carbocycles. The second kappa shape index (κ2) is 7.96. The third kappa shape index (κ3) is 4.16. The molecule has 0 bridgehead atoms. The van der Waals surface area contributed by atoms with Crippen molar-refractivity contribution in [2.24, 2.45) is 0 Å². The zero-order chi connectivity index (χ0) is 15.1. The van der Waals surface area contributed by atoms with Crippen molar-refractivity contribution >= 4 is 11.8 Å². The van der Waals surface area contributed by atoms with E-state index in [1.54, 1.807) is 6.07 Å². The number of fused-ring (bicyclic) bond motifs is 1. The van der Waals surface area contributed by atoms with Crippen molar-refractivity contribution in [3.05, 3.63) is 34.9 Å². The van der Waals surface area contributed by atoms with Crippen LogP contribution in [0.2, 0.25) is 0 Å². The first-order chi connectivity index (χ1) is 10.2. The van der Waals surface area contributed by atoms with Gasteiger partial charge in [-0.3, -0.25) is 14.9 Å². The highest BCUT2D eigenvalue weighted by Gasteiger charge is 2.28. The molecule has 0 spiro atoms. The SMILES string of the molecule is CCCCCCCCCCc1cccc2c1C(=O)NC2=O. The average molecular weight is 287 g/mol. The summed E-state index contributed by atoms with van der Waals surface area (Å²) in [5, 5.41) is 2.38. The van der Waals surface area contributed by atoms with Crippen molar-refractivity contribution in [2.45, 2.75) is 64.7 Å². The lowest BCUT2D eigenvalue weighted by Gasteiger charge is -2.06. The van der Waals surface area contributed by atoms with Gasteiger partial charge in [0.05, 0.1) is 11.1 Å². The Kier molecular flexibility index (Phi) is 5.97. The van der Waals surface area contributed by atoms with E-state index in [2.05, 4.69) is 12.2 Å². The topological polar surface area (TPSA) is 46.2 Å². The molecule has 1 N–H and O–H groups in total. The largest absolute Gasteiger partial charge is 0.288 e. The van der Waals surface area contributed by atoms with Crippen molar-refractivity contribution in [3.63, 3.8) is 0 Å². The monoisotopic (exact) mass is 287 g/mol. The summed E-state index contributed by atoms with van der Waals surface area (Å²) in [5.74, 6) is -0.488. The first-order valence-corrected chi connectivity index (χ1v) is 8.21. The van der Waals surface area contributed by atoms with Crippen molar-refractivity contribution in [3.8, 4) is 0 Å². The van der Waals surface area contributed by atoms with E-state index in [9.17, 15) is 9.59 Å². The molecule has 3 nitrogen and oxygen atoms in total. The van der Waals surface area contributed by atoms with Crippen LogP contribution in [-0.2, 0) is 6.42 Å². The second-order valence-electron chi connectivity index (χ2n) is 5.85. The number of carbonyl (C=O) groups excluding carboxylic acids is 2. The Morgan fingerprint density at radius 3 is 2.24 bits per heavy atom. The zero-order valence-corrected chi connectivity index (χ0v) is 12.9. The Morgan fingerprint density at radius 1 is 0.857 bits per heavy atom. The number of carbonyl (C=O) groups is 2. The summed E-state index contributed by atoms with van der Waals surface area (Å²) >= 11 is 0. The molecule has 0 fully saturated rings. The van der Waals surface area contributed by atoms with E-state index >= 15 is 0 Å². The molecule has 1 aromatic rings. The quantitative estimate of drug-likeness (QED) is 0.545. The minimum atomic E-state index is -0.257. The fraction of sp³-hybridized carbons (Fsp3) is 0.556. The van der Waals surface area contributed by atoms with Gasteiger partial charge in [-0.05, 0) is 24.5 Å². The average Bonchev–Trinajstić information content (AvgIpc) is 2.78. The number of imide groups is 1. The van der Waals surface area contributed by atoms with Gasteiger partial charge in [0.25, 0.3) is 11.8 Å². The second-order valence-corrected chi connectivity index (χ2v) is 5.85. The van der Waals surface area contributed by atoms with Crippen LogP contribution in [0.1, 0.15) is 84.6 Å². The van der Waals surface area contributed by atoms with Crippen LogP contribution >= 0.6 is 0 Å². The van der Waals surface area contributed by atoms with Gasteiger partial charge < -0.3 is 0 Å². The molecule has 1 heterocycles. The van der Waals surface area contributed by atoms with Gasteiger partial charge in [-0.25, -0.2) is 0 Å². The Labute approximate surface area is 127 Å². The maximum absolute atomic E-state index is 11.8. The third-order valence-corrected chi connectivity index (χ3v) is 4.15. The molecule has 0 radical (unpaired) electrons. The summed E-state index contributed by atoms with van der Waals surface area (Å²) in [6, 6.07) is 5.57. The lowest BCUT2D eigenvalue weighted by molar-refractivity contribution is 0.0879. The number of hydrogen-bond acceptors (Lipinski definition) is 2. The van der Waals surface area contributed by atoms with Gasteiger partial charge in [-0.1, -0.05) is 64.0 Å². The molecular formula is C18H25NO2. The number of aryl methyl sites for hydroxylation is 1. The summed E-state index contributed by atoms with van der Waals surface area (Å²) < 4.78 is 0. The van der Waals surface area contributed by atoms with Crippen LogP contribution in [0.3, 0.4) is 0 Å². The minimum absolute atomic E-state index is 0.231. The van der Waals surface area contributed by atoms with Crippen LogP contribution in [0.4, 0.5) is 0 Å². The van der Waals surface area contributed by atoms with Gasteiger partial charge in [0, 0.05) is 0 Å². The molecule has 0 aromatic heterocycles. The van der Waals surface area contributed by atoms with E-state index in [1.165, 1.54) is 44.9 Å². The number of benzene rings is 1. The number of unbranched alkanes of at least 4 members (excludes halogenated alkanes) is 7. The van der Waals surface area contributed by atoms with Crippen LogP contribution < -0.4 is 5.32 Å². The molecule has 114 valence electrons. The lowest BCUT2D eigenvalue weighted by atomic mass is 9.97. The van der Waals surface area contributed by atoms with E-state index < -0.39 is 0 Å². The summed E-state index contributed by atoms with van der Waals surface area (Å²) in [5.41, 5.74) is 2.16. The van der Waals surface area contributed by atoms with Crippen molar-refractivity contribution in [1.29, 1.82) is 0 Å². The van der Waals surface area contributed by atoms with Crippen LogP contribution in [-0.4, -0.2) is 11.8 Å². The van der Waals surface area contributed by atoms with Crippen LogP contribution in [0.25, 0.3) is 0 Å². The minimum Gasteiger partial charge on any atom is -0.288 e. The van der Waals surface area contributed by atoms with Crippen LogP contribution in [0.5, 0.6) is 0 Å². The van der Waals surface area contributed by atoms with E-state index in [1.807, 2.05) is 12.1 Å². The molecule has 2 rings (SSSR count). The van der Waals surface area contributed by atoms with E-state index in [0.29, 0.717) is 11.1 Å². The van der Waals surface area contributed by atoms with Crippen LogP contribution in [0, 0.1) is 0 Å². The summed E-state index contributed by atoms with van der Waals surface area (Å²) in [6.07, 6.45) is 11.1. The van der Waals surface area contributed by atoms with E-state index in [-0.39, 0.29) is 11.8 Å². The molecule has 2 amide bonds. The summed E-state index contributed by atoms with van der Waals surface area (Å²) in [7, 11) is 0. The Bertz CT molecular complexity index is 508. The number of amides is 2. The Hall–Kier alpha value is -1.64. The predicted octanol–water partition coefficient (Wildman–Crippen LogP) is 4.25. The molecule has 1 aliphatic heterocycles. The number of nitrogens with one attached hydrogen (secondary N) is 1. The molecule has 0 saturated carbocycles. The molecule has 1 aliphatic rings. The summed E-state index contributed by atoms with van der Waals surface area (Å²) in [6.45, 7) is 2.24. The fourth-order valence-corrected chi connectivity index (χ4v) is 2.95. The van der Waals surface area contributed by atoms with Gasteiger partial charge in [-0.2, -0.15) is 0 Å². The molecular weight excluding hydrogens is 262 g/mol. The normalized spacial score (nSPS) is 13.4.